The molecule has 0 aliphatic heterocycles. The van der Waals surface area contributed by atoms with Crippen molar-refractivity contribution in [2.24, 2.45) is 0 Å². The van der Waals surface area contributed by atoms with Gasteiger partial charge in [-0.3, -0.25) is 13.9 Å². The molecule has 0 unspecified atom stereocenters. The van der Waals surface area contributed by atoms with Crippen LogP contribution in [-0.2, 0) is 32.6 Å². The third kappa shape index (κ3) is 8.54. The largest absolute Gasteiger partial charge is 0.352 e. The smallest absolute Gasteiger partial charge is 0.264 e. The number of sulfonamides is 1. The summed E-state index contributed by atoms with van der Waals surface area (Å²) in [5, 5.41) is 3.02. The number of halogens is 2. The fraction of sp³-hybridized carbons (Fsp3) is 0.235. The predicted octanol–water partition coefficient (Wildman–Crippen LogP) is 6.34. The van der Waals surface area contributed by atoms with Crippen molar-refractivity contribution in [1.82, 2.24) is 10.2 Å². The van der Waals surface area contributed by atoms with Gasteiger partial charge in [-0.05, 0) is 73.0 Å². The van der Waals surface area contributed by atoms with Crippen LogP contribution < -0.4 is 9.62 Å². The van der Waals surface area contributed by atoms with E-state index >= 15 is 0 Å². The molecule has 4 aromatic rings. The molecule has 44 heavy (non-hydrogen) atoms. The molecular weight excluding hydrogens is 645 g/mol. The summed E-state index contributed by atoms with van der Waals surface area (Å²) in [5.74, 6) is -1.48. The lowest BCUT2D eigenvalue weighted by Gasteiger charge is -2.34. The van der Waals surface area contributed by atoms with Gasteiger partial charge < -0.3 is 10.2 Å². The highest BCUT2D eigenvalue weighted by molar-refractivity contribution is 9.10. The SMILES string of the molecule is CC[C@@H](C)NC(=O)[C@H](Cc1ccccc1)N(Cc1cccc(Br)c1)C(=O)CN(c1ccccc1)S(=O)(=O)c1ccc(F)cc1. The fourth-order valence-electron chi connectivity index (χ4n) is 4.68. The van der Waals surface area contributed by atoms with Crippen LogP contribution in [-0.4, -0.2) is 43.8 Å². The van der Waals surface area contributed by atoms with E-state index < -0.39 is 34.3 Å². The van der Waals surface area contributed by atoms with E-state index in [0.717, 1.165) is 32.0 Å². The number of benzene rings is 4. The highest BCUT2D eigenvalue weighted by Crippen LogP contribution is 2.25. The van der Waals surface area contributed by atoms with Crippen molar-refractivity contribution in [2.75, 3.05) is 10.8 Å². The number of nitrogens with zero attached hydrogens (tertiary/aromatic N) is 2. The summed E-state index contributed by atoms with van der Waals surface area (Å²) in [6.07, 6.45) is 0.917. The number of para-hydroxylation sites is 1. The van der Waals surface area contributed by atoms with Crippen molar-refractivity contribution in [3.05, 3.63) is 131 Å². The quantitative estimate of drug-likeness (QED) is 0.179. The molecule has 0 saturated heterocycles. The molecule has 2 atom stereocenters. The van der Waals surface area contributed by atoms with Crippen molar-refractivity contribution < 1.29 is 22.4 Å². The zero-order valence-electron chi connectivity index (χ0n) is 24.6. The molecule has 1 N–H and O–H groups in total. The Bertz CT molecular complexity index is 1660. The van der Waals surface area contributed by atoms with Crippen LogP contribution in [0.4, 0.5) is 10.1 Å². The van der Waals surface area contributed by atoms with Crippen molar-refractivity contribution in [3.63, 3.8) is 0 Å². The van der Waals surface area contributed by atoms with Gasteiger partial charge in [-0.15, -0.1) is 0 Å². The summed E-state index contributed by atoms with van der Waals surface area (Å²) < 4.78 is 43.4. The molecule has 0 fully saturated rings. The van der Waals surface area contributed by atoms with Gasteiger partial charge in [0.25, 0.3) is 10.0 Å². The van der Waals surface area contributed by atoms with E-state index in [1.807, 2.05) is 68.4 Å². The van der Waals surface area contributed by atoms with Gasteiger partial charge in [0.05, 0.1) is 10.6 Å². The molecule has 4 aromatic carbocycles. The van der Waals surface area contributed by atoms with Crippen molar-refractivity contribution in [1.29, 1.82) is 0 Å². The van der Waals surface area contributed by atoms with Crippen LogP contribution in [0.1, 0.15) is 31.4 Å². The maximum absolute atomic E-state index is 14.4. The molecule has 10 heteroatoms. The van der Waals surface area contributed by atoms with Gasteiger partial charge in [-0.1, -0.05) is 83.5 Å². The van der Waals surface area contributed by atoms with Crippen LogP contribution >= 0.6 is 15.9 Å². The van der Waals surface area contributed by atoms with Crippen LogP contribution in [0.25, 0.3) is 0 Å². The van der Waals surface area contributed by atoms with E-state index in [-0.39, 0.29) is 35.5 Å². The molecule has 230 valence electrons. The van der Waals surface area contributed by atoms with Gasteiger partial charge in [-0.25, -0.2) is 12.8 Å². The normalized spacial score (nSPS) is 12.6. The van der Waals surface area contributed by atoms with Crippen LogP contribution in [0, 0.1) is 5.82 Å². The van der Waals surface area contributed by atoms with Gasteiger partial charge >= 0.3 is 0 Å². The Morgan fingerprint density at radius 1 is 0.864 bits per heavy atom. The third-order valence-electron chi connectivity index (χ3n) is 7.24. The van der Waals surface area contributed by atoms with Crippen molar-refractivity contribution in [2.45, 2.75) is 50.2 Å². The zero-order chi connectivity index (χ0) is 31.7. The Kier molecular flexibility index (Phi) is 11.3. The standard InChI is InChI=1S/C34H35BrFN3O4S/c1-3-25(2)37-34(41)32(22-26-11-6-4-7-12-26)38(23-27-13-10-14-28(35)21-27)33(40)24-39(30-15-8-5-9-16-30)44(42,43)31-19-17-29(36)18-20-31/h4-21,25,32H,3,22-24H2,1-2H3,(H,37,41)/t25-,32+/m1/s1. The monoisotopic (exact) mass is 679 g/mol. The lowest BCUT2D eigenvalue weighted by atomic mass is 10.0. The molecule has 0 aliphatic carbocycles. The van der Waals surface area contributed by atoms with E-state index in [9.17, 15) is 22.4 Å². The molecule has 4 rings (SSSR count). The maximum Gasteiger partial charge on any atom is 0.264 e. The average molecular weight is 681 g/mol. The second kappa shape index (κ2) is 15.1. The number of hydrogen-bond donors (Lipinski definition) is 1. The molecule has 7 nitrogen and oxygen atoms in total. The number of carbonyl (C=O) groups is 2. The topological polar surface area (TPSA) is 86.8 Å². The summed E-state index contributed by atoms with van der Waals surface area (Å²) >= 11 is 3.48. The molecule has 0 heterocycles. The van der Waals surface area contributed by atoms with E-state index in [4.69, 9.17) is 0 Å². The van der Waals surface area contributed by atoms with E-state index in [2.05, 4.69) is 21.2 Å². The first-order chi connectivity index (χ1) is 21.1. The van der Waals surface area contributed by atoms with E-state index in [1.54, 1.807) is 30.3 Å². The highest BCUT2D eigenvalue weighted by Gasteiger charge is 2.35. The van der Waals surface area contributed by atoms with Gasteiger partial charge in [0.15, 0.2) is 0 Å². The summed E-state index contributed by atoms with van der Waals surface area (Å²) in [6.45, 7) is 3.33. The number of amides is 2. The van der Waals surface area contributed by atoms with Gasteiger partial charge in [0.2, 0.25) is 11.8 Å². The summed E-state index contributed by atoms with van der Waals surface area (Å²) in [5.41, 5.74) is 1.87. The Hall–Kier alpha value is -4.02. The van der Waals surface area contributed by atoms with Crippen molar-refractivity contribution in [3.8, 4) is 0 Å². The van der Waals surface area contributed by atoms with E-state index in [0.29, 0.717) is 6.42 Å². The molecule has 0 radical (unpaired) electrons. The van der Waals surface area contributed by atoms with Crippen LogP contribution in [0.5, 0.6) is 0 Å². The number of nitrogens with one attached hydrogen (secondary N) is 1. The maximum atomic E-state index is 14.4. The molecule has 0 aromatic heterocycles. The number of anilines is 1. The first kappa shape index (κ1) is 32.9. The molecule has 0 spiro atoms. The minimum Gasteiger partial charge on any atom is -0.352 e. The molecule has 2 amide bonds. The summed E-state index contributed by atoms with van der Waals surface area (Å²) in [4.78, 5) is 29.5. The lowest BCUT2D eigenvalue weighted by molar-refractivity contribution is -0.140. The minimum absolute atomic E-state index is 0.0585. The van der Waals surface area contributed by atoms with Crippen LogP contribution in [0.3, 0.4) is 0 Å². The molecule has 0 bridgehead atoms. The Balaban J connectivity index is 1.79. The second-order valence-electron chi connectivity index (χ2n) is 10.5. The Morgan fingerprint density at radius 2 is 1.48 bits per heavy atom. The molecule has 0 aliphatic rings. The Morgan fingerprint density at radius 3 is 2.09 bits per heavy atom. The van der Waals surface area contributed by atoms with Gasteiger partial charge in [0.1, 0.15) is 18.4 Å². The molecular formula is C34H35BrFN3O4S. The fourth-order valence-corrected chi connectivity index (χ4v) is 6.54. The van der Waals surface area contributed by atoms with Crippen LogP contribution in [0.2, 0.25) is 0 Å². The Labute approximate surface area is 266 Å². The highest BCUT2D eigenvalue weighted by atomic mass is 79.9. The number of hydrogen-bond acceptors (Lipinski definition) is 4. The minimum atomic E-state index is -4.30. The summed E-state index contributed by atoms with van der Waals surface area (Å²) in [6, 6.07) is 28.4. The first-order valence-corrected chi connectivity index (χ1v) is 16.5. The van der Waals surface area contributed by atoms with Crippen molar-refractivity contribution >= 4 is 43.5 Å². The second-order valence-corrected chi connectivity index (χ2v) is 13.3. The third-order valence-corrected chi connectivity index (χ3v) is 9.52. The van der Waals surface area contributed by atoms with Gasteiger partial charge in [-0.2, -0.15) is 0 Å². The average Bonchev–Trinajstić information content (AvgIpc) is 3.02. The number of rotatable bonds is 13. The zero-order valence-corrected chi connectivity index (χ0v) is 27.0. The van der Waals surface area contributed by atoms with Gasteiger partial charge in [0, 0.05) is 23.5 Å². The van der Waals surface area contributed by atoms with E-state index in [1.165, 1.54) is 17.0 Å². The predicted molar refractivity (Wildman–Crippen MR) is 174 cm³/mol. The number of carbonyl (C=O) groups excluding carboxylic acids is 2. The summed E-state index contributed by atoms with van der Waals surface area (Å²) in [7, 11) is -4.30. The molecule has 0 saturated carbocycles. The van der Waals surface area contributed by atoms with Crippen LogP contribution in [0.15, 0.2) is 119 Å². The lowest BCUT2D eigenvalue weighted by Crippen LogP contribution is -2.54. The first-order valence-electron chi connectivity index (χ1n) is 14.3.